The number of piperazine rings is 1. The van der Waals surface area contributed by atoms with Crippen molar-refractivity contribution in [1.82, 2.24) is 15.1 Å². The molecule has 110 valence electrons. The summed E-state index contributed by atoms with van der Waals surface area (Å²) < 4.78 is 0. The summed E-state index contributed by atoms with van der Waals surface area (Å²) in [5.74, 6) is 0.963. The van der Waals surface area contributed by atoms with Crippen LogP contribution in [0.2, 0.25) is 0 Å². The Hall–Kier alpha value is -0.910. The van der Waals surface area contributed by atoms with Crippen LogP contribution in [0.1, 0.15) is 17.7 Å². The zero-order chi connectivity index (χ0) is 13.8. The molecule has 4 nitrogen and oxygen atoms in total. The molecule has 1 aliphatic heterocycles. The lowest BCUT2D eigenvalue weighted by Crippen LogP contribution is -2.49. The molecule has 1 saturated heterocycles. The Morgan fingerprint density at radius 3 is 2.65 bits per heavy atom. The molecule has 2 aliphatic rings. The van der Waals surface area contributed by atoms with Crippen molar-refractivity contribution in [3.05, 3.63) is 22.4 Å². The van der Waals surface area contributed by atoms with E-state index in [-0.39, 0.29) is 5.91 Å². The molecule has 0 radical (unpaired) electrons. The van der Waals surface area contributed by atoms with Crippen LogP contribution in [0.5, 0.6) is 0 Å². The van der Waals surface area contributed by atoms with Gasteiger partial charge in [-0.25, -0.2) is 0 Å². The molecule has 2 heterocycles. The number of carbonyl (C=O) groups is 1. The molecule has 20 heavy (non-hydrogen) atoms. The van der Waals surface area contributed by atoms with Crippen LogP contribution < -0.4 is 5.32 Å². The van der Waals surface area contributed by atoms with E-state index >= 15 is 0 Å². The van der Waals surface area contributed by atoms with Crippen LogP contribution in [-0.2, 0) is 11.3 Å². The van der Waals surface area contributed by atoms with E-state index in [1.165, 1.54) is 17.7 Å². The lowest BCUT2D eigenvalue weighted by molar-refractivity contribution is -0.122. The SMILES string of the molecule is O=C(CN1CCN(Cc2cccs2)CC1)NCC1CC1. The van der Waals surface area contributed by atoms with Gasteiger partial charge in [0.15, 0.2) is 0 Å². The number of rotatable bonds is 6. The minimum Gasteiger partial charge on any atom is -0.355 e. The molecule has 0 spiro atoms. The first-order valence-electron chi connectivity index (χ1n) is 7.53. The van der Waals surface area contributed by atoms with E-state index < -0.39 is 0 Å². The Morgan fingerprint density at radius 2 is 2.00 bits per heavy atom. The van der Waals surface area contributed by atoms with Gasteiger partial charge in [-0.3, -0.25) is 14.6 Å². The predicted molar refractivity (Wildman–Crippen MR) is 81.8 cm³/mol. The lowest BCUT2D eigenvalue weighted by atomic mass is 10.3. The summed E-state index contributed by atoms with van der Waals surface area (Å²) in [6.07, 6.45) is 2.59. The Kier molecular flexibility index (Phi) is 4.70. The highest BCUT2D eigenvalue weighted by atomic mass is 32.1. The molecule has 2 fully saturated rings. The fraction of sp³-hybridized carbons (Fsp3) is 0.667. The quantitative estimate of drug-likeness (QED) is 0.861. The monoisotopic (exact) mass is 293 g/mol. The number of hydrogen-bond acceptors (Lipinski definition) is 4. The second kappa shape index (κ2) is 6.70. The van der Waals surface area contributed by atoms with Crippen LogP contribution in [0.25, 0.3) is 0 Å². The Bertz CT molecular complexity index is 422. The van der Waals surface area contributed by atoms with Gasteiger partial charge in [0, 0.05) is 44.1 Å². The Balaban J connectivity index is 1.34. The highest BCUT2D eigenvalue weighted by Gasteiger charge is 2.23. The number of thiophene rings is 1. The Morgan fingerprint density at radius 1 is 1.25 bits per heavy atom. The van der Waals surface area contributed by atoms with Crippen LogP contribution in [-0.4, -0.2) is 55.0 Å². The van der Waals surface area contributed by atoms with Gasteiger partial charge in [-0.15, -0.1) is 11.3 Å². The molecule has 1 N–H and O–H groups in total. The molecular formula is C15H23N3OS. The summed E-state index contributed by atoms with van der Waals surface area (Å²) in [5.41, 5.74) is 0. The number of hydrogen-bond donors (Lipinski definition) is 1. The van der Waals surface area contributed by atoms with Gasteiger partial charge in [-0.2, -0.15) is 0 Å². The third kappa shape index (κ3) is 4.30. The highest BCUT2D eigenvalue weighted by Crippen LogP contribution is 2.27. The predicted octanol–water partition coefficient (Wildman–Crippen LogP) is 1.39. The molecule has 0 unspecified atom stereocenters. The van der Waals surface area contributed by atoms with Gasteiger partial charge >= 0.3 is 0 Å². The second-order valence-corrected chi connectivity index (χ2v) is 6.91. The van der Waals surface area contributed by atoms with Gasteiger partial charge < -0.3 is 5.32 Å². The molecule has 1 amide bonds. The average Bonchev–Trinajstić information content (AvgIpc) is 3.15. The third-order valence-electron chi connectivity index (χ3n) is 4.08. The number of carbonyl (C=O) groups excluding carboxylic acids is 1. The van der Waals surface area contributed by atoms with E-state index in [0.717, 1.165) is 45.2 Å². The summed E-state index contributed by atoms with van der Waals surface area (Å²) >= 11 is 1.82. The third-order valence-corrected chi connectivity index (χ3v) is 4.94. The molecule has 0 aromatic carbocycles. The van der Waals surface area contributed by atoms with Crippen molar-refractivity contribution >= 4 is 17.2 Å². The lowest BCUT2D eigenvalue weighted by Gasteiger charge is -2.34. The molecular weight excluding hydrogens is 270 g/mol. The van der Waals surface area contributed by atoms with Crippen molar-refractivity contribution in [2.24, 2.45) is 5.92 Å². The molecule has 5 heteroatoms. The summed E-state index contributed by atoms with van der Waals surface area (Å²) in [4.78, 5) is 18.0. The van der Waals surface area contributed by atoms with Crippen molar-refractivity contribution < 1.29 is 4.79 Å². The largest absolute Gasteiger partial charge is 0.355 e. The zero-order valence-electron chi connectivity index (χ0n) is 11.9. The van der Waals surface area contributed by atoms with Gasteiger partial charge in [0.25, 0.3) is 0 Å². The van der Waals surface area contributed by atoms with Gasteiger partial charge in [0.1, 0.15) is 0 Å². The van der Waals surface area contributed by atoms with Crippen molar-refractivity contribution in [3.8, 4) is 0 Å². The summed E-state index contributed by atoms with van der Waals surface area (Å²) in [5, 5.41) is 5.18. The molecule has 0 atom stereocenters. The fourth-order valence-corrected chi connectivity index (χ4v) is 3.31. The van der Waals surface area contributed by atoms with Gasteiger partial charge in [-0.1, -0.05) is 6.07 Å². The highest BCUT2D eigenvalue weighted by molar-refractivity contribution is 7.09. The topological polar surface area (TPSA) is 35.6 Å². The fourth-order valence-electron chi connectivity index (χ4n) is 2.57. The number of amides is 1. The van der Waals surface area contributed by atoms with Gasteiger partial charge in [0.2, 0.25) is 5.91 Å². The minimum atomic E-state index is 0.198. The number of nitrogens with zero attached hydrogens (tertiary/aromatic N) is 2. The first-order valence-corrected chi connectivity index (χ1v) is 8.41. The Labute approximate surface area is 124 Å². The minimum absolute atomic E-state index is 0.198. The van der Waals surface area contributed by atoms with E-state index in [9.17, 15) is 4.79 Å². The average molecular weight is 293 g/mol. The van der Waals surface area contributed by atoms with Crippen LogP contribution in [0, 0.1) is 5.92 Å². The number of nitrogens with one attached hydrogen (secondary N) is 1. The van der Waals surface area contributed by atoms with E-state index in [1.54, 1.807) is 0 Å². The van der Waals surface area contributed by atoms with Crippen molar-refractivity contribution in [2.75, 3.05) is 39.3 Å². The van der Waals surface area contributed by atoms with Crippen molar-refractivity contribution in [1.29, 1.82) is 0 Å². The normalized spacial score (nSPS) is 21.0. The first kappa shape index (κ1) is 14.0. The van der Waals surface area contributed by atoms with Crippen LogP contribution in [0.4, 0.5) is 0 Å². The van der Waals surface area contributed by atoms with Gasteiger partial charge in [0.05, 0.1) is 6.54 Å². The van der Waals surface area contributed by atoms with E-state index in [1.807, 2.05) is 11.3 Å². The standard InChI is InChI=1S/C15H23N3OS/c19-15(16-10-13-3-4-13)12-18-7-5-17(6-8-18)11-14-2-1-9-20-14/h1-2,9,13H,3-8,10-12H2,(H,16,19). The molecule has 1 saturated carbocycles. The summed E-state index contributed by atoms with van der Waals surface area (Å²) in [6.45, 7) is 6.64. The van der Waals surface area contributed by atoms with E-state index in [2.05, 4.69) is 32.6 Å². The second-order valence-electron chi connectivity index (χ2n) is 5.88. The zero-order valence-corrected chi connectivity index (χ0v) is 12.7. The smallest absolute Gasteiger partial charge is 0.234 e. The van der Waals surface area contributed by atoms with E-state index in [0.29, 0.717) is 6.54 Å². The summed E-state index contributed by atoms with van der Waals surface area (Å²) in [6, 6.07) is 4.31. The van der Waals surface area contributed by atoms with Crippen LogP contribution >= 0.6 is 11.3 Å². The van der Waals surface area contributed by atoms with Crippen molar-refractivity contribution in [2.45, 2.75) is 19.4 Å². The first-order chi connectivity index (χ1) is 9.79. The molecule has 0 bridgehead atoms. The molecule has 1 aromatic heterocycles. The van der Waals surface area contributed by atoms with Crippen LogP contribution in [0.15, 0.2) is 17.5 Å². The van der Waals surface area contributed by atoms with Crippen LogP contribution in [0.3, 0.4) is 0 Å². The maximum atomic E-state index is 11.8. The molecule has 1 aliphatic carbocycles. The maximum absolute atomic E-state index is 11.8. The summed E-state index contributed by atoms with van der Waals surface area (Å²) in [7, 11) is 0. The van der Waals surface area contributed by atoms with Crippen molar-refractivity contribution in [3.63, 3.8) is 0 Å². The maximum Gasteiger partial charge on any atom is 0.234 e. The van der Waals surface area contributed by atoms with E-state index in [4.69, 9.17) is 0 Å². The molecule has 1 aromatic rings. The van der Waals surface area contributed by atoms with Gasteiger partial charge in [-0.05, 0) is 30.2 Å². The molecule has 3 rings (SSSR count).